The summed E-state index contributed by atoms with van der Waals surface area (Å²) in [6.45, 7) is 3.81. The second-order valence-electron chi connectivity index (χ2n) is 3.89. The molecule has 2 fully saturated rings. The topological polar surface area (TPSA) is 53.2 Å². The molecule has 4 heteroatoms. The molecule has 0 aromatic carbocycles. The highest BCUT2D eigenvalue weighted by Gasteiger charge is 2.25. The Morgan fingerprint density at radius 1 is 1.15 bits per heavy atom. The molecule has 0 radical (unpaired) electrons. The first-order valence-electron chi connectivity index (χ1n) is 5.08. The molecule has 2 atom stereocenters. The second-order valence-corrected chi connectivity index (χ2v) is 3.89. The van der Waals surface area contributed by atoms with E-state index in [0.29, 0.717) is 6.04 Å². The first-order chi connectivity index (χ1) is 6.36. The van der Waals surface area contributed by atoms with Crippen LogP contribution >= 0.6 is 0 Å². The largest absolute Gasteiger partial charge is 0.352 e. The van der Waals surface area contributed by atoms with Gasteiger partial charge in [-0.2, -0.15) is 0 Å². The van der Waals surface area contributed by atoms with Crippen molar-refractivity contribution in [2.24, 2.45) is 5.92 Å². The predicted molar refractivity (Wildman–Crippen MR) is 50.4 cm³/mol. The van der Waals surface area contributed by atoms with E-state index in [4.69, 9.17) is 0 Å². The number of hydrogen-bond acceptors (Lipinski definition) is 3. The average molecular weight is 183 g/mol. The molecule has 0 aliphatic carbocycles. The minimum Gasteiger partial charge on any atom is -0.352 e. The molecule has 0 saturated carbocycles. The Morgan fingerprint density at radius 2 is 1.92 bits per heavy atom. The van der Waals surface area contributed by atoms with Gasteiger partial charge >= 0.3 is 0 Å². The van der Waals surface area contributed by atoms with Gasteiger partial charge in [-0.25, -0.2) is 0 Å². The SMILES string of the molecule is O=C(NC1CCNC1)C1CCNC1. The molecule has 0 bridgehead atoms. The summed E-state index contributed by atoms with van der Waals surface area (Å²) in [4.78, 5) is 11.6. The van der Waals surface area contributed by atoms with Crippen LogP contribution in [-0.2, 0) is 4.79 Å². The predicted octanol–water partition coefficient (Wildman–Crippen LogP) is -0.926. The van der Waals surface area contributed by atoms with E-state index in [0.717, 1.165) is 39.0 Å². The average Bonchev–Trinajstić information content (AvgIpc) is 2.74. The quantitative estimate of drug-likeness (QED) is 0.518. The smallest absolute Gasteiger partial charge is 0.224 e. The minimum atomic E-state index is 0.209. The van der Waals surface area contributed by atoms with Gasteiger partial charge in [0.25, 0.3) is 0 Å². The summed E-state index contributed by atoms with van der Waals surface area (Å²) in [5, 5.41) is 9.52. The van der Waals surface area contributed by atoms with E-state index in [1.165, 1.54) is 0 Å². The maximum absolute atomic E-state index is 11.6. The van der Waals surface area contributed by atoms with Crippen molar-refractivity contribution in [3.63, 3.8) is 0 Å². The number of rotatable bonds is 2. The van der Waals surface area contributed by atoms with Crippen molar-refractivity contribution >= 4 is 5.91 Å². The lowest BCUT2D eigenvalue weighted by atomic mass is 10.1. The van der Waals surface area contributed by atoms with E-state index in [1.807, 2.05) is 0 Å². The maximum atomic E-state index is 11.6. The molecule has 13 heavy (non-hydrogen) atoms. The molecule has 2 aliphatic rings. The van der Waals surface area contributed by atoms with Crippen LogP contribution < -0.4 is 16.0 Å². The van der Waals surface area contributed by atoms with E-state index in [1.54, 1.807) is 0 Å². The third kappa shape index (κ3) is 2.19. The Labute approximate surface area is 78.5 Å². The molecule has 0 aromatic rings. The second kappa shape index (κ2) is 4.07. The summed E-state index contributed by atoms with van der Waals surface area (Å²) >= 11 is 0. The van der Waals surface area contributed by atoms with Gasteiger partial charge in [-0.3, -0.25) is 4.79 Å². The third-order valence-corrected chi connectivity index (χ3v) is 2.84. The Balaban J connectivity index is 1.76. The fourth-order valence-electron chi connectivity index (χ4n) is 1.98. The van der Waals surface area contributed by atoms with E-state index in [2.05, 4.69) is 16.0 Å². The van der Waals surface area contributed by atoms with Crippen molar-refractivity contribution in [2.45, 2.75) is 18.9 Å². The highest BCUT2D eigenvalue weighted by atomic mass is 16.2. The summed E-state index contributed by atoms with van der Waals surface area (Å²) < 4.78 is 0. The maximum Gasteiger partial charge on any atom is 0.224 e. The summed E-state index contributed by atoms with van der Waals surface area (Å²) in [7, 11) is 0. The fraction of sp³-hybridized carbons (Fsp3) is 0.889. The molecule has 2 aliphatic heterocycles. The highest BCUT2D eigenvalue weighted by molar-refractivity contribution is 5.79. The van der Waals surface area contributed by atoms with Crippen molar-refractivity contribution in [1.82, 2.24) is 16.0 Å². The van der Waals surface area contributed by atoms with Gasteiger partial charge in [0.05, 0.1) is 5.92 Å². The molecule has 2 rings (SSSR count). The standard InChI is InChI=1S/C9H17N3O/c13-9(7-1-3-10-5-7)12-8-2-4-11-6-8/h7-8,10-11H,1-6H2,(H,12,13). The van der Waals surface area contributed by atoms with Gasteiger partial charge in [0.1, 0.15) is 0 Å². The lowest BCUT2D eigenvalue weighted by Gasteiger charge is -2.14. The van der Waals surface area contributed by atoms with Gasteiger partial charge in [0.2, 0.25) is 5.91 Å². The number of amides is 1. The van der Waals surface area contributed by atoms with Crippen molar-refractivity contribution < 1.29 is 4.79 Å². The lowest BCUT2D eigenvalue weighted by Crippen LogP contribution is -2.40. The van der Waals surface area contributed by atoms with Crippen molar-refractivity contribution in [2.75, 3.05) is 26.2 Å². The summed E-state index contributed by atoms with van der Waals surface area (Å²) in [6.07, 6.45) is 2.07. The molecule has 2 saturated heterocycles. The number of carbonyl (C=O) groups excluding carboxylic acids is 1. The van der Waals surface area contributed by atoms with Crippen LogP contribution in [0.2, 0.25) is 0 Å². The Hall–Kier alpha value is -0.610. The van der Waals surface area contributed by atoms with E-state index < -0.39 is 0 Å². The zero-order valence-corrected chi connectivity index (χ0v) is 7.81. The normalized spacial score (nSPS) is 33.5. The van der Waals surface area contributed by atoms with Crippen LogP contribution in [0.15, 0.2) is 0 Å². The summed E-state index contributed by atoms with van der Waals surface area (Å²) in [5.41, 5.74) is 0. The van der Waals surface area contributed by atoms with Crippen LogP contribution in [-0.4, -0.2) is 38.1 Å². The lowest BCUT2D eigenvalue weighted by molar-refractivity contribution is -0.125. The molecule has 0 aromatic heterocycles. The van der Waals surface area contributed by atoms with Crippen LogP contribution in [0.1, 0.15) is 12.8 Å². The number of carbonyl (C=O) groups is 1. The molecule has 3 N–H and O–H groups in total. The number of nitrogens with one attached hydrogen (secondary N) is 3. The van der Waals surface area contributed by atoms with Gasteiger partial charge in [-0.05, 0) is 25.9 Å². The monoisotopic (exact) mass is 183 g/mol. The molecular formula is C9H17N3O. The van der Waals surface area contributed by atoms with Crippen LogP contribution in [0.5, 0.6) is 0 Å². The first-order valence-corrected chi connectivity index (χ1v) is 5.08. The van der Waals surface area contributed by atoms with Crippen LogP contribution in [0.3, 0.4) is 0 Å². The van der Waals surface area contributed by atoms with Crippen molar-refractivity contribution in [1.29, 1.82) is 0 Å². The zero-order chi connectivity index (χ0) is 9.10. The fourth-order valence-corrected chi connectivity index (χ4v) is 1.98. The Kier molecular flexibility index (Phi) is 2.80. The first kappa shape index (κ1) is 8.97. The van der Waals surface area contributed by atoms with Gasteiger partial charge in [-0.15, -0.1) is 0 Å². The molecule has 74 valence electrons. The van der Waals surface area contributed by atoms with Gasteiger partial charge in [-0.1, -0.05) is 0 Å². The molecule has 1 amide bonds. The van der Waals surface area contributed by atoms with Crippen LogP contribution in [0.25, 0.3) is 0 Å². The Bertz CT molecular complexity index is 183. The van der Waals surface area contributed by atoms with Gasteiger partial charge < -0.3 is 16.0 Å². The zero-order valence-electron chi connectivity index (χ0n) is 7.81. The summed E-state index contributed by atoms with van der Waals surface area (Å²) in [5.74, 6) is 0.444. The van der Waals surface area contributed by atoms with E-state index in [-0.39, 0.29) is 11.8 Å². The van der Waals surface area contributed by atoms with Crippen LogP contribution in [0, 0.1) is 5.92 Å². The third-order valence-electron chi connectivity index (χ3n) is 2.84. The number of hydrogen-bond donors (Lipinski definition) is 3. The minimum absolute atomic E-state index is 0.209. The van der Waals surface area contributed by atoms with E-state index in [9.17, 15) is 4.79 Å². The highest BCUT2D eigenvalue weighted by Crippen LogP contribution is 2.08. The van der Waals surface area contributed by atoms with Gasteiger partial charge in [0.15, 0.2) is 0 Å². The van der Waals surface area contributed by atoms with Crippen molar-refractivity contribution in [3.8, 4) is 0 Å². The van der Waals surface area contributed by atoms with Gasteiger partial charge in [0, 0.05) is 19.1 Å². The molecular weight excluding hydrogens is 166 g/mol. The molecule has 4 nitrogen and oxygen atoms in total. The Morgan fingerprint density at radius 3 is 2.54 bits per heavy atom. The van der Waals surface area contributed by atoms with Crippen LogP contribution in [0.4, 0.5) is 0 Å². The van der Waals surface area contributed by atoms with Crippen molar-refractivity contribution in [3.05, 3.63) is 0 Å². The molecule has 2 heterocycles. The molecule has 0 spiro atoms. The summed E-state index contributed by atoms with van der Waals surface area (Å²) in [6, 6.07) is 0.369. The van der Waals surface area contributed by atoms with E-state index >= 15 is 0 Å². The molecule has 2 unspecified atom stereocenters.